The number of nitrogens with one attached hydrogen (secondary N) is 1. The van der Waals surface area contributed by atoms with Crippen LogP contribution in [-0.2, 0) is 6.42 Å². The Morgan fingerprint density at radius 1 is 1.14 bits per heavy atom. The molecule has 114 valence electrons. The molecule has 0 atom stereocenters. The van der Waals surface area contributed by atoms with Crippen LogP contribution in [-0.4, -0.2) is 25.3 Å². The highest BCUT2D eigenvalue weighted by Crippen LogP contribution is 2.17. The number of rotatable bonds is 7. The molecule has 0 spiro atoms. The Bertz CT molecular complexity index is 635. The second kappa shape index (κ2) is 7.98. The third kappa shape index (κ3) is 4.19. The zero-order valence-corrected chi connectivity index (χ0v) is 12.5. The van der Waals surface area contributed by atoms with Gasteiger partial charge in [-0.1, -0.05) is 37.3 Å². The van der Waals surface area contributed by atoms with Crippen LogP contribution in [0.1, 0.15) is 33.2 Å². The monoisotopic (exact) mass is 297 g/mol. The summed E-state index contributed by atoms with van der Waals surface area (Å²) in [5.41, 5.74) is 2.23. The summed E-state index contributed by atoms with van der Waals surface area (Å²) >= 11 is 0. The third-order valence-corrected chi connectivity index (χ3v) is 3.31. The van der Waals surface area contributed by atoms with Gasteiger partial charge in [0.2, 0.25) is 0 Å². The van der Waals surface area contributed by atoms with E-state index in [1.807, 2.05) is 24.3 Å². The van der Waals surface area contributed by atoms with Crippen LogP contribution < -0.4 is 10.1 Å². The maximum absolute atomic E-state index is 11.9. The minimum Gasteiger partial charge on any atom is -0.491 e. The molecular weight excluding hydrogens is 278 g/mol. The van der Waals surface area contributed by atoms with Gasteiger partial charge in [0.1, 0.15) is 18.6 Å². The molecule has 2 rings (SSSR count). The number of para-hydroxylation sites is 1. The van der Waals surface area contributed by atoms with Gasteiger partial charge in [-0.3, -0.25) is 9.59 Å². The van der Waals surface area contributed by atoms with Gasteiger partial charge in [0.25, 0.3) is 5.91 Å². The normalized spacial score (nSPS) is 10.0. The molecule has 0 saturated heterocycles. The molecule has 4 nitrogen and oxygen atoms in total. The first kappa shape index (κ1) is 15.8. The van der Waals surface area contributed by atoms with Crippen LogP contribution in [0, 0.1) is 0 Å². The van der Waals surface area contributed by atoms with Gasteiger partial charge >= 0.3 is 0 Å². The first-order valence-corrected chi connectivity index (χ1v) is 7.28. The molecule has 0 saturated carbocycles. The second-order valence-electron chi connectivity index (χ2n) is 4.81. The number of hydrogen-bond acceptors (Lipinski definition) is 3. The van der Waals surface area contributed by atoms with Crippen LogP contribution in [0.5, 0.6) is 5.75 Å². The first-order valence-electron chi connectivity index (χ1n) is 7.28. The van der Waals surface area contributed by atoms with Crippen LogP contribution >= 0.6 is 0 Å². The van der Waals surface area contributed by atoms with E-state index in [9.17, 15) is 9.59 Å². The molecule has 1 N–H and O–H groups in total. The molecule has 0 radical (unpaired) electrons. The van der Waals surface area contributed by atoms with Crippen molar-refractivity contribution in [2.45, 2.75) is 13.3 Å². The molecule has 0 aliphatic carbocycles. The average Bonchev–Trinajstić information content (AvgIpc) is 2.59. The number of amides is 1. The minimum absolute atomic E-state index is 0.176. The summed E-state index contributed by atoms with van der Waals surface area (Å²) in [7, 11) is 0. The quantitative estimate of drug-likeness (QED) is 0.631. The molecule has 2 aromatic rings. The Kier molecular flexibility index (Phi) is 5.72. The molecule has 0 aliphatic heterocycles. The van der Waals surface area contributed by atoms with Crippen molar-refractivity contribution in [3.63, 3.8) is 0 Å². The maximum atomic E-state index is 11.9. The van der Waals surface area contributed by atoms with Crippen molar-refractivity contribution < 1.29 is 14.3 Å². The van der Waals surface area contributed by atoms with Crippen molar-refractivity contribution in [2.24, 2.45) is 0 Å². The highest BCUT2D eigenvalue weighted by Gasteiger charge is 2.05. The number of ether oxygens (including phenoxy) is 1. The summed E-state index contributed by atoms with van der Waals surface area (Å²) in [6, 6.07) is 14.4. The van der Waals surface area contributed by atoms with Gasteiger partial charge in [0, 0.05) is 11.1 Å². The van der Waals surface area contributed by atoms with Gasteiger partial charge in [-0.25, -0.2) is 0 Å². The fraction of sp³-hybridized carbons (Fsp3) is 0.222. The van der Waals surface area contributed by atoms with Gasteiger partial charge < -0.3 is 10.1 Å². The van der Waals surface area contributed by atoms with Crippen molar-refractivity contribution in [1.82, 2.24) is 5.32 Å². The lowest BCUT2D eigenvalue weighted by molar-refractivity contribution is 0.0946. The smallest absolute Gasteiger partial charge is 0.251 e. The second-order valence-corrected chi connectivity index (χ2v) is 4.81. The summed E-state index contributed by atoms with van der Waals surface area (Å²) in [5.74, 6) is 0.680. The van der Waals surface area contributed by atoms with Gasteiger partial charge in [-0.05, 0) is 30.2 Å². The minimum atomic E-state index is -0.176. The molecule has 1 amide bonds. The van der Waals surface area contributed by atoms with Gasteiger partial charge in [0.05, 0.1) is 6.54 Å². The van der Waals surface area contributed by atoms with E-state index in [0.717, 1.165) is 24.0 Å². The molecule has 0 unspecified atom stereocenters. The largest absolute Gasteiger partial charge is 0.491 e. The van der Waals surface area contributed by atoms with Crippen molar-refractivity contribution >= 4 is 12.2 Å². The molecule has 0 fully saturated rings. The van der Waals surface area contributed by atoms with E-state index in [1.165, 1.54) is 0 Å². The van der Waals surface area contributed by atoms with Crippen LogP contribution in [0.15, 0.2) is 48.5 Å². The van der Waals surface area contributed by atoms with E-state index >= 15 is 0 Å². The molecule has 0 bridgehead atoms. The zero-order chi connectivity index (χ0) is 15.8. The fourth-order valence-corrected chi connectivity index (χ4v) is 2.08. The topological polar surface area (TPSA) is 55.4 Å². The Morgan fingerprint density at radius 2 is 1.86 bits per heavy atom. The summed E-state index contributed by atoms with van der Waals surface area (Å²) in [4.78, 5) is 22.5. The van der Waals surface area contributed by atoms with Crippen LogP contribution in [0.25, 0.3) is 0 Å². The highest BCUT2D eigenvalue weighted by molar-refractivity contribution is 5.94. The Hall–Kier alpha value is -2.62. The number of carbonyl (C=O) groups is 2. The summed E-state index contributed by atoms with van der Waals surface area (Å²) in [6.45, 7) is 2.91. The predicted octanol–water partition coefficient (Wildman–Crippen LogP) is 2.87. The molecule has 2 aromatic carbocycles. The molecular formula is C18H19NO3. The number of aryl methyl sites for hydroxylation is 1. The summed E-state index contributed by atoms with van der Waals surface area (Å²) < 4.78 is 5.69. The van der Waals surface area contributed by atoms with Gasteiger partial charge in [-0.15, -0.1) is 0 Å². The van der Waals surface area contributed by atoms with Gasteiger partial charge in [-0.2, -0.15) is 0 Å². The van der Waals surface area contributed by atoms with E-state index in [0.29, 0.717) is 24.3 Å². The molecule has 0 heterocycles. The first-order chi connectivity index (χ1) is 10.7. The predicted molar refractivity (Wildman–Crippen MR) is 85.5 cm³/mol. The number of benzene rings is 2. The summed E-state index contributed by atoms with van der Waals surface area (Å²) in [5, 5.41) is 2.79. The highest BCUT2D eigenvalue weighted by atomic mass is 16.5. The fourth-order valence-electron chi connectivity index (χ4n) is 2.08. The summed E-state index contributed by atoms with van der Waals surface area (Å²) in [6.07, 6.45) is 1.66. The van der Waals surface area contributed by atoms with E-state index in [1.54, 1.807) is 24.3 Å². The number of aldehydes is 1. The standard InChI is InChI=1S/C18H19NO3/c1-2-15-5-3-4-6-17(15)22-12-11-19-18(21)16-9-7-14(13-20)8-10-16/h3-10,13H,2,11-12H2,1H3,(H,19,21). The van der Waals surface area contributed by atoms with Gasteiger partial charge in [0.15, 0.2) is 0 Å². The lowest BCUT2D eigenvalue weighted by Crippen LogP contribution is -2.28. The molecule has 4 heteroatoms. The number of carbonyl (C=O) groups excluding carboxylic acids is 2. The Morgan fingerprint density at radius 3 is 2.55 bits per heavy atom. The Balaban J connectivity index is 1.80. The van der Waals surface area contributed by atoms with E-state index < -0.39 is 0 Å². The van der Waals surface area contributed by atoms with E-state index in [2.05, 4.69) is 12.2 Å². The maximum Gasteiger partial charge on any atom is 0.251 e. The molecule has 0 aliphatic rings. The van der Waals surface area contributed by atoms with Crippen molar-refractivity contribution in [3.05, 3.63) is 65.2 Å². The molecule has 0 aromatic heterocycles. The van der Waals surface area contributed by atoms with Crippen molar-refractivity contribution in [1.29, 1.82) is 0 Å². The van der Waals surface area contributed by atoms with Crippen LogP contribution in [0.4, 0.5) is 0 Å². The van der Waals surface area contributed by atoms with E-state index in [4.69, 9.17) is 4.74 Å². The Labute approximate surface area is 130 Å². The van der Waals surface area contributed by atoms with E-state index in [-0.39, 0.29) is 5.91 Å². The number of hydrogen-bond donors (Lipinski definition) is 1. The molecule has 22 heavy (non-hydrogen) atoms. The zero-order valence-electron chi connectivity index (χ0n) is 12.5. The lowest BCUT2D eigenvalue weighted by Gasteiger charge is -2.11. The van der Waals surface area contributed by atoms with Crippen molar-refractivity contribution in [3.8, 4) is 5.75 Å². The third-order valence-electron chi connectivity index (χ3n) is 3.31. The van der Waals surface area contributed by atoms with Crippen LogP contribution in [0.2, 0.25) is 0 Å². The SMILES string of the molecule is CCc1ccccc1OCCNC(=O)c1ccc(C=O)cc1. The van der Waals surface area contributed by atoms with Crippen molar-refractivity contribution in [2.75, 3.05) is 13.2 Å². The lowest BCUT2D eigenvalue weighted by atomic mass is 10.1. The van der Waals surface area contributed by atoms with Crippen LogP contribution in [0.3, 0.4) is 0 Å². The average molecular weight is 297 g/mol.